The summed E-state index contributed by atoms with van der Waals surface area (Å²) in [5.74, 6) is 0. The maximum Gasteiger partial charge on any atom is 1.00 e. The second-order valence-electron chi connectivity index (χ2n) is 6.10. The maximum atomic E-state index is 11.7. The molecular weight excluding hydrogens is 347 g/mol. The zero-order valence-electron chi connectivity index (χ0n) is 14.8. The van der Waals surface area contributed by atoms with Gasteiger partial charge in [0, 0.05) is 0 Å². The van der Waals surface area contributed by atoms with Crippen molar-refractivity contribution in [2.45, 2.75) is 63.2 Å². The summed E-state index contributed by atoms with van der Waals surface area (Å²) >= 11 is 0. The van der Waals surface area contributed by atoms with Crippen LogP contribution in [0.15, 0.2) is 41.3 Å². The molecule has 0 unspecified atom stereocenters. The van der Waals surface area contributed by atoms with Crippen LogP contribution < -0.4 is 51.4 Å². The smallest absolute Gasteiger partial charge is 0.744 e. The van der Waals surface area contributed by atoms with Crippen molar-refractivity contribution < 1.29 is 64.4 Å². The number of aryl methyl sites for hydroxylation is 1. The predicted octanol–water partition coefficient (Wildman–Crippen LogP) is 2.04. The van der Waals surface area contributed by atoms with Gasteiger partial charge in [-0.1, -0.05) is 81.8 Å². The molecule has 2 aromatic carbocycles. The Kier molecular flexibility index (Phi) is 10.3. The van der Waals surface area contributed by atoms with Gasteiger partial charge in [0.2, 0.25) is 0 Å². The first-order valence-electron chi connectivity index (χ1n) is 8.50. The maximum absolute atomic E-state index is 11.7. The van der Waals surface area contributed by atoms with E-state index in [0.29, 0.717) is 17.4 Å². The van der Waals surface area contributed by atoms with Crippen LogP contribution in [0.25, 0.3) is 10.8 Å². The minimum absolute atomic E-state index is 0. The minimum Gasteiger partial charge on any atom is -0.744 e. The molecule has 5 heteroatoms. The van der Waals surface area contributed by atoms with Crippen molar-refractivity contribution in [3.63, 3.8) is 0 Å². The van der Waals surface area contributed by atoms with Crippen molar-refractivity contribution in [1.82, 2.24) is 0 Å². The van der Waals surface area contributed by atoms with E-state index in [1.165, 1.54) is 32.1 Å². The van der Waals surface area contributed by atoms with Crippen molar-refractivity contribution in [3.8, 4) is 0 Å². The van der Waals surface area contributed by atoms with Gasteiger partial charge in [0.1, 0.15) is 10.1 Å². The fraction of sp³-hybridized carbons (Fsp3) is 0.474. The second kappa shape index (κ2) is 11.1. The standard InChI is InChI=1S/C19H26O3S.K/c1-2-3-4-5-6-7-8-12-17-15-14-16-11-9-10-13-18(16)19(17)23(20,21)22;/h9-11,13-15H,2-8,12H2,1H3,(H,20,21,22);/q;+1/p-1. The first-order chi connectivity index (χ1) is 11.0. The fourth-order valence-corrected chi connectivity index (χ4v) is 4.00. The number of hydrogen-bond acceptors (Lipinski definition) is 3. The van der Waals surface area contributed by atoms with Crippen LogP contribution in [0.2, 0.25) is 0 Å². The normalized spacial score (nSPS) is 11.4. The summed E-state index contributed by atoms with van der Waals surface area (Å²) in [5, 5.41) is 1.34. The van der Waals surface area contributed by atoms with Gasteiger partial charge in [0.15, 0.2) is 0 Å². The summed E-state index contributed by atoms with van der Waals surface area (Å²) in [4.78, 5) is -0.0263. The van der Waals surface area contributed by atoms with E-state index in [1.54, 1.807) is 18.2 Å². The van der Waals surface area contributed by atoms with Gasteiger partial charge in [-0.25, -0.2) is 8.42 Å². The Morgan fingerprint density at radius 3 is 2.17 bits per heavy atom. The van der Waals surface area contributed by atoms with Gasteiger partial charge in [0.05, 0.1) is 4.90 Å². The van der Waals surface area contributed by atoms with Gasteiger partial charge >= 0.3 is 51.4 Å². The molecule has 0 fully saturated rings. The second-order valence-corrected chi connectivity index (χ2v) is 7.42. The predicted molar refractivity (Wildman–Crippen MR) is 93.6 cm³/mol. The molecule has 2 rings (SSSR count). The average molecular weight is 373 g/mol. The molecule has 0 atom stereocenters. The van der Waals surface area contributed by atoms with Crippen LogP contribution in [-0.4, -0.2) is 13.0 Å². The van der Waals surface area contributed by atoms with Gasteiger partial charge in [-0.05, 0) is 29.2 Å². The monoisotopic (exact) mass is 372 g/mol. The summed E-state index contributed by atoms with van der Waals surface area (Å²) in [5.41, 5.74) is 0.659. The van der Waals surface area contributed by atoms with Crippen molar-refractivity contribution in [3.05, 3.63) is 42.0 Å². The molecule has 0 spiro atoms. The number of rotatable bonds is 9. The third kappa shape index (κ3) is 6.52. The van der Waals surface area contributed by atoms with E-state index in [0.717, 1.165) is 18.2 Å². The Bertz CT molecular complexity index is 741. The molecule has 0 aliphatic heterocycles. The molecule has 0 aliphatic carbocycles. The van der Waals surface area contributed by atoms with Crippen molar-refractivity contribution in [2.24, 2.45) is 0 Å². The summed E-state index contributed by atoms with van der Waals surface area (Å²) in [6.07, 6.45) is 8.85. The van der Waals surface area contributed by atoms with Crippen LogP contribution in [0.5, 0.6) is 0 Å². The first-order valence-corrected chi connectivity index (χ1v) is 9.91. The Morgan fingerprint density at radius 1 is 0.875 bits per heavy atom. The van der Waals surface area contributed by atoms with E-state index < -0.39 is 10.1 Å². The number of benzene rings is 2. The van der Waals surface area contributed by atoms with Gasteiger partial charge in [-0.2, -0.15) is 0 Å². The van der Waals surface area contributed by atoms with Gasteiger partial charge < -0.3 is 4.55 Å². The Labute approximate surface area is 188 Å². The first kappa shape index (κ1) is 22.3. The van der Waals surface area contributed by atoms with Gasteiger partial charge in [-0.3, -0.25) is 0 Å². The van der Waals surface area contributed by atoms with E-state index in [-0.39, 0.29) is 56.3 Å². The topological polar surface area (TPSA) is 57.2 Å². The van der Waals surface area contributed by atoms with Crippen LogP contribution in [0, 0.1) is 0 Å². The summed E-state index contributed by atoms with van der Waals surface area (Å²) in [7, 11) is -4.46. The van der Waals surface area contributed by atoms with Crippen LogP contribution in [0.4, 0.5) is 0 Å². The molecule has 0 bridgehead atoms. The number of unbranched alkanes of at least 4 members (excludes halogenated alkanes) is 6. The summed E-state index contributed by atoms with van der Waals surface area (Å²) < 4.78 is 35.2. The molecule has 0 radical (unpaired) electrons. The molecule has 0 amide bonds. The SMILES string of the molecule is CCCCCCCCCc1ccc2ccccc2c1S(=O)(=O)[O-].[K+]. The van der Waals surface area contributed by atoms with Crippen LogP contribution >= 0.6 is 0 Å². The molecular formula is C19H25KO3S. The van der Waals surface area contributed by atoms with Crippen molar-refractivity contribution in [1.29, 1.82) is 0 Å². The molecule has 0 aliphatic rings. The van der Waals surface area contributed by atoms with Gasteiger partial charge in [-0.15, -0.1) is 0 Å². The molecule has 0 saturated carbocycles. The third-order valence-electron chi connectivity index (χ3n) is 4.26. The van der Waals surface area contributed by atoms with Gasteiger partial charge in [0.25, 0.3) is 0 Å². The Hall–Kier alpha value is 0.246. The number of fused-ring (bicyclic) bond motifs is 1. The van der Waals surface area contributed by atoms with Crippen LogP contribution in [0.1, 0.15) is 57.4 Å². The quantitative estimate of drug-likeness (QED) is 0.384. The molecule has 0 aromatic heterocycles. The average Bonchev–Trinajstić information content (AvgIpc) is 2.52. The molecule has 0 heterocycles. The minimum atomic E-state index is -4.46. The Balaban J connectivity index is 0.00000288. The third-order valence-corrected chi connectivity index (χ3v) is 5.24. The largest absolute Gasteiger partial charge is 1.00 e. The van der Waals surface area contributed by atoms with E-state index in [1.807, 2.05) is 18.2 Å². The van der Waals surface area contributed by atoms with Crippen molar-refractivity contribution >= 4 is 20.9 Å². The van der Waals surface area contributed by atoms with E-state index in [4.69, 9.17) is 0 Å². The molecule has 0 N–H and O–H groups in total. The van der Waals surface area contributed by atoms with Crippen LogP contribution in [-0.2, 0) is 16.5 Å². The summed E-state index contributed by atoms with van der Waals surface area (Å²) in [6.45, 7) is 2.20. The molecule has 2 aromatic rings. The van der Waals surface area contributed by atoms with Crippen molar-refractivity contribution in [2.75, 3.05) is 0 Å². The Morgan fingerprint density at radius 2 is 1.50 bits per heavy atom. The molecule has 126 valence electrons. The molecule has 24 heavy (non-hydrogen) atoms. The summed E-state index contributed by atoms with van der Waals surface area (Å²) in [6, 6.07) is 10.9. The fourth-order valence-electron chi connectivity index (χ4n) is 3.05. The molecule has 3 nitrogen and oxygen atoms in total. The zero-order chi connectivity index (χ0) is 16.7. The molecule has 0 saturated heterocycles. The van der Waals surface area contributed by atoms with Crippen LogP contribution in [0.3, 0.4) is 0 Å². The van der Waals surface area contributed by atoms with E-state index in [9.17, 15) is 13.0 Å². The zero-order valence-corrected chi connectivity index (χ0v) is 18.7. The van der Waals surface area contributed by atoms with E-state index >= 15 is 0 Å². The number of hydrogen-bond donors (Lipinski definition) is 0. The van der Waals surface area contributed by atoms with E-state index in [2.05, 4.69) is 6.92 Å².